The van der Waals surface area contributed by atoms with Gasteiger partial charge in [0.05, 0.1) is 0 Å². The van der Waals surface area contributed by atoms with Crippen LogP contribution >= 0.6 is 22.6 Å². The predicted molar refractivity (Wildman–Crippen MR) is 37.9 cm³/mol. The lowest BCUT2D eigenvalue weighted by Crippen LogP contribution is -2.08. The Labute approximate surface area is 57.4 Å². The van der Waals surface area contributed by atoms with Crippen LogP contribution < -0.4 is 5.48 Å². The molecule has 0 heterocycles. The van der Waals surface area contributed by atoms with Gasteiger partial charge in [0.25, 0.3) is 0 Å². The van der Waals surface area contributed by atoms with Crippen molar-refractivity contribution in [3.05, 3.63) is 0 Å². The number of rotatable bonds is 4. The van der Waals surface area contributed by atoms with Gasteiger partial charge in [-0.2, -0.15) is 0 Å². The van der Waals surface area contributed by atoms with Gasteiger partial charge in [0, 0.05) is 6.54 Å². The summed E-state index contributed by atoms with van der Waals surface area (Å²) in [6.07, 6.45) is 2.26. The highest BCUT2D eigenvalue weighted by atomic mass is 127. The van der Waals surface area contributed by atoms with Crippen LogP contribution in [0.2, 0.25) is 0 Å². The molecule has 0 saturated carbocycles. The number of alkyl halides is 1. The molecule has 2 nitrogen and oxygen atoms in total. The zero-order valence-corrected chi connectivity index (χ0v) is 6.31. The van der Waals surface area contributed by atoms with E-state index in [1.165, 1.54) is 10.8 Å². The van der Waals surface area contributed by atoms with E-state index < -0.39 is 0 Å². The van der Waals surface area contributed by atoms with Gasteiger partial charge in [-0.15, -0.1) is 0 Å². The first-order valence-electron chi connectivity index (χ1n) is 2.34. The molecular weight excluding hydrogens is 205 g/mol. The molecular formula is C4H10INO. The second-order valence-electron chi connectivity index (χ2n) is 1.30. The summed E-state index contributed by atoms with van der Waals surface area (Å²) in [5.41, 5.74) is 2.10. The minimum atomic E-state index is 0.725. The van der Waals surface area contributed by atoms with Crippen molar-refractivity contribution in [2.45, 2.75) is 12.8 Å². The monoisotopic (exact) mass is 215 g/mol. The molecule has 0 amide bonds. The maximum atomic E-state index is 8.04. The molecule has 0 aliphatic heterocycles. The molecule has 0 fully saturated rings. The molecule has 0 saturated heterocycles. The van der Waals surface area contributed by atoms with E-state index in [2.05, 4.69) is 28.1 Å². The minimum Gasteiger partial charge on any atom is -0.317 e. The van der Waals surface area contributed by atoms with E-state index >= 15 is 0 Å². The topological polar surface area (TPSA) is 32.3 Å². The largest absolute Gasteiger partial charge is 0.317 e. The van der Waals surface area contributed by atoms with Gasteiger partial charge in [-0.1, -0.05) is 22.6 Å². The van der Waals surface area contributed by atoms with Crippen molar-refractivity contribution in [1.82, 2.24) is 5.48 Å². The first-order chi connectivity index (χ1) is 3.41. The van der Waals surface area contributed by atoms with E-state index in [0.717, 1.165) is 13.0 Å². The van der Waals surface area contributed by atoms with E-state index in [4.69, 9.17) is 5.21 Å². The summed E-state index contributed by atoms with van der Waals surface area (Å²) in [7, 11) is 0. The quantitative estimate of drug-likeness (QED) is 0.319. The van der Waals surface area contributed by atoms with Gasteiger partial charge >= 0.3 is 0 Å². The fraction of sp³-hybridized carbons (Fsp3) is 1.00. The smallest absolute Gasteiger partial charge is 0.0207 e. The molecule has 0 aromatic rings. The summed E-state index contributed by atoms with van der Waals surface area (Å²) in [6.45, 7) is 0.725. The van der Waals surface area contributed by atoms with Gasteiger partial charge in [-0.05, 0) is 17.3 Å². The summed E-state index contributed by atoms with van der Waals surface area (Å²) >= 11 is 2.32. The van der Waals surface area contributed by atoms with E-state index in [-0.39, 0.29) is 0 Å². The number of unbranched alkanes of at least 4 members (excludes halogenated alkanes) is 1. The van der Waals surface area contributed by atoms with E-state index in [0.29, 0.717) is 0 Å². The number of nitrogens with one attached hydrogen (secondary N) is 1. The highest BCUT2D eigenvalue weighted by molar-refractivity contribution is 14.1. The van der Waals surface area contributed by atoms with Crippen LogP contribution in [0, 0.1) is 0 Å². The second-order valence-corrected chi connectivity index (χ2v) is 2.38. The maximum Gasteiger partial charge on any atom is 0.0207 e. The Morgan fingerprint density at radius 2 is 2.14 bits per heavy atom. The third-order valence-corrected chi connectivity index (χ3v) is 1.44. The third-order valence-electron chi connectivity index (χ3n) is 0.672. The van der Waals surface area contributed by atoms with Gasteiger partial charge in [-0.25, -0.2) is 5.48 Å². The minimum absolute atomic E-state index is 0.725. The molecule has 0 rings (SSSR count). The molecule has 0 spiro atoms. The van der Waals surface area contributed by atoms with E-state index in [1.807, 2.05) is 0 Å². The van der Waals surface area contributed by atoms with Crippen LogP contribution in [0.4, 0.5) is 0 Å². The van der Waals surface area contributed by atoms with Crippen LogP contribution in [0.15, 0.2) is 0 Å². The molecule has 0 aliphatic rings. The lowest BCUT2D eigenvalue weighted by molar-refractivity contribution is 0.165. The normalized spacial score (nSPS) is 9.43. The summed E-state index contributed by atoms with van der Waals surface area (Å²) in [6, 6.07) is 0. The Hall–Kier alpha value is 0.650. The van der Waals surface area contributed by atoms with Crippen LogP contribution in [-0.4, -0.2) is 16.2 Å². The third kappa shape index (κ3) is 6.65. The Morgan fingerprint density at radius 1 is 1.43 bits per heavy atom. The molecule has 7 heavy (non-hydrogen) atoms. The molecule has 44 valence electrons. The molecule has 0 aliphatic carbocycles. The van der Waals surface area contributed by atoms with E-state index in [1.54, 1.807) is 0 Å². The van der Waals surface area contributed by atoms with Crippen molar-refractivity contribution < 1.29 is 5.21 Å². The highest BCUT2D eigenvalue weighted by Crippen LogP contribution is 1.91. The SMILES string of the molecule is ONCCCCI. The number of hydrogen-bond donors (Lipinski definition) is 2. The predicted octanol–water partition coefficient (Wildman–Crippen LogP) is 1.18. The van der Waals surface area contributed by atoms with Crippen LogP contribution in [0.1, 0.15) is 12.8 Å². The first-order valence-corrected chi connectivity index (χ1v) is 3.87. The molecule has 0 bridgehead atoms. The summed E-state index contributed by atoms with van der Waals surface area (Å²) in [5.74, 6) is 0. The molecule has 0 unspecified atom stereocenters. The van der Waals surface area contributed by atoms with Crippen molar-refractivity contribution in [3.8, 4) is 0 Å². The standard InChI is InChI=1S/C4H10INO/c5-3-1-2-4-6-7/h6-7H,1-4H2. The molecule has 2 N–H and O–H groups in total. The number of hydroxylamine groups is 1. The second kappa shape index (κ2) is 6.65. The van der Waals surface area contributed by atoms with Gasteiger partial charge in [0.2, 0.25) is 0 Å². The van der Waals surface area contributed by atoms with Gasteiger partial charge < -0.3 is 5.21 Å². The summed E-state index contributed by atoms with van der Waals surface area (Å²) in [5, 5.41) is 8.04. The first kappa shape index (κ1) is 7.65. The molecule has 0 radical (unpaired) electrons. The van der Waals surface area contributed by atoms with Gasteiger partial charge in [0.15, 0.2) is 0 Å². The fourth-order valence-corrected chi connectivity index (χ4v) is 0.838. The average molecular weight is 215 g/mol. The summed E-state index contributed by atoms with van der Waals surface area (Å²) in [4.78, 5) is 0. The van der Waals surface area contributed by atoms with Crippen LogP contribution in [0.3, 0.4) is 0 Å². The average Bonchev–Trinajstić information content (AvgIpc) is 1.69. The lowest BCUT2D eigenvalue weighted by atomic mass is 10.3. The molecule has 3 heteroatoms. The van der Waals surface area contributed by atoms with Gasteiger partial charge in [0.1, 0.15) is 0 Å². The highest BCUT2D eigenvalue weighted by Gasteiger charge is 1.80. The molecule has 0 aromatic heterocycles. The Kier molecular flexibility index (Phi) is 7.27. The molecule has 0 atom stereocenters. The lowest BCUT2D eigenvalue weighted by Gasteiger charge is -1.91. The molecule has 0 aromatic carbocycles. The van der Waals surface area contributed by atoms with Crippen molar-refractivity contribution in [3.63, 3.8) is 0 Å². The Bertz CT molecular complexity index is 30.9. The number of halogens is 1. The number of hydrogen-bond acceptors (Lipinski definition) is 2. The van der Waals surface area contributed by atoms with Crippen LogP contribution in [-0.2, 0) is 0 Å². The van der Waals surface area contributed by atoms with Crippen LogP contribution in [0.25, 0.3) is 0 Å². The zero-order valence-electron chi connectivity index (χ0n) is 4.15. The van der Waals surface area contributed by atoms with E-state index in [9.17, 15) is 0 Å². The van der Waals surface area contributed by atoms with Gasteiger partial charge in [-0.3, -0.25) is 0 Å². The van der Waals surface area contributed by atoms with Crippen molar-refractivity contribution in [2.75, 3.05) is 11.0 Å². The Balaban J connectivity index is 2.45. The van der Waals surface area contributed by atoms with Crippen molar-refractivity contribution in [1.29, 1.82) is 0 Å². The summed E-state index contributed by atoms with van der Waals surface area (Å²) < 4.78 is 1.18. The van der Waals surface area contributed by atoms with Crippen molar-refractivity contribution >= 4 is 22.6 Å². The Morgan fingerprint density at radius 3 is 2.57 bits per heavy atom. The maximum absolute atomic E-state index is 8.04. The van der Waals surface area contributed by atoms with Crippen LogP contribution in [0.5, 0.6) is 0 Å². The van der Waals surface area contributed by atoms with Crippen molar-refractivity contribution in [2.24, 2.45) is 0 Å². The zero-order chi connectivity index (χ0) is 5.54. The fourth-order valence-electron chi connectivity index (χ4n) is 0.299.